The van der Waals surface area contributed by atoms with E-state index in [-0.39, 0.29) is 24.7 Å². The summed E-state index contributed by atoms with van der Waals surface area (Å²) in [6, 6.07) is 0. The normalized spacial score (nSPS) is 40.9. The van der Waals surface area contributed by atoms with Crippen LogP contribution >= 0.6 is 11.8 Å². The number of halogens is 2. The van der Waals surface area contributed by atoms with Gasteiger partial charge in [-0.25, -0.2) is 8.78 Å². The van der Waals surface area contributed by atoms with Gasteiger partial charge in [0, 0.05) is 12.8 Å². The van der Waals surface area contributed by atoms with E-state index >= 15 is 0 Å². The van der Waals surface area contributed by atoms with Gasteiger partial charge < -0.3 is 5.73 Å². The van der Waals surface area contributed by atoms with Crippen LogP contribution in [0.2, 0.25) is 0 Å². The van der Waals surface area contributed by atoms with Crippen LogP contribution < -0.4 is 5.73 Å². The molecule has 1 nitrogen and oxygen atoms in total. The molecule has 0 aromatic rings. The van der Waals surface area contributed by atoms with E-state index in [2.05, 4.69) is 0 Å². The number of nitrogens with two attached hydrogens (primary N) is 1. The first-order chi connectivity index (χ1) is 6.62. The molecule has 1 heterocycles. The Balaban J connectivity index is 2.07. The van der Waals surface area contributed by atoms with E-state index in [1.54, 1.807) is 0 Å². The summed E-state index contributed by atoms with van der Waals surface area (Å²) < 4.78 is 26.6. The van der Waals surface area contributed by atoms with Crippen molar-refractivity contribution in [2.75, 3.05) is 18.1 Å². The molecule has 0 spiro atoms. The Morgan fingerprint density at radius 3 is 2.29 bits per heavy atom. The van der Waals surface area contributed by atoms with E-state index in [0.717, 1.165) is 17.9 Å². The van der Waals surface area contributed by atoms with E-state index < -0.39 is 5.92 Å². The maximum Gasteiger partial charge on any atom is 0.248 e. The lowest BCUT2D eigenvalue weighted by atomic mass is 9.70. The summed E-state index contributed by atoms with van der Waals surface area (Å²) in [6.07, 6.45) is 1.13. The average molecular weight is 221 g/mol. The second-order valence-electron chi connectivity index (χ2n) is 4.56. The molecule has 82 valence electrons. The van der Waals surface area contributed by atoms with Gasteiger partial charge in [-0.15, -0.1) is 0 Å². The molecular weight excluding hydrogens is 204 g/mol. The molecule has 1 aliphatic heterocycles. The van der Waals surface area contributed by atoms with Crippen LogP contribution in [0.3, 0.4) is 0 Å². The lowest BCUT2D eigenvalue weighted by Gasteiger charge is -2.45. The minimum atomic E-state index is -2.40. The highest BCUT2D eigenvalue weighted by Crippen LogP contribution is 2.49. The van der Waals surface area contributed by atoms with Gasteiger partial charge in [-0.2, -0.15) is 11.8 Å². The Bertz CT molecular complexity index is 194. The van der Waals surface area contributed by atoms with Gasteiger partial charge in [-0.3, -0.25) is 0 Å². The summed E-state index contributed by atoms with van der Waals surface area (Å²) >= 11 is 1.84. The lowest BCUT2D eigenvalue weighted by Crippen LogP contribution is -2.44. The molecule has 1 aliphatic carbocycles. The Morgan fingerprint density at radius 1 is 1.21 bits per heavy atom. The molecule has 2 unspecified atom stereocenters. The molecule has 2 fully saturated rings. The fourth-order valence-electron chi connectivity index (χ4n) is 2.94. The Kier molecular flexibility index (Phi) is 3.03. The van der Waals surface area contributed by atoms with Crippen LogP contribution in [0.5, 0.6) is 0 Å². The molecule has 0 aromatic heterocycles. The van der Waals surface area contributed by atoms with Crippen LogP contribution in [-0.4, -0.2) is 24.0 Å². The van der Waals surface area contributed by atoms with Crippen molar-refractivity contribution in [3.8, 4) is 0 Å². The minimum absolute atomic E-state index is 0.0984. The van der Waals surface area contributed by atoms with E-state index in [1.807, 2.05) is 11.8 Å². The van der Waals surface area contributed by atoms with Crippen molar-refractivity contribution in [1.82, 2.24) is 0 Å². The molecule has 1 saturated carbocycles. The molecule has 1 saturated heterocycles. The summed E-state index contributed by atoms with van der Waals surface area (Å²) in [6.45, 7) is 0.647. The van der Waals surface area contributed by atoms with Gasteiger partial charge in [0.15, 0.2) is 0 Å². The first-order valence-electron chi connectivity index (χ1n) is 5.28. The van der Waals surface area contributed by atoms with Gasteiger partial charge in [0.2, 0.25) is 5.92 Å². The maximum atomic E-state index is 13.3. The SMILES string of the molecule is NCCC1C2CSCC1CC(F)(F)C2. The Labute approximate surface area is 87.8 Å². The monoisotopic (exact) mass is 221 g/mol. The smallest absolute Gasteiger partial charge is 0.248 e. The molecule has 2 N–H and O–H groups in total. The second-order valence-corrected chi connectivity index (χ2v) is 5.64. The van der Waals surface area contributed by atoms with E-state index in [9.17, 15) is 8.78 Å². The molecule has 2 aliphatic rings. The maximum absolute atomic E-state index is 13.3. The van der Waals surface area contributed by atoms with Crippen LogP contribution in [0.15, 0.2) is 0 Å². The van der Waals surface area contributed by atoms with E-state index in [0.29, 0.717) is 12.5 Å². The topological polar surface area (TPSA) is 26.0 Å². The number of rotatable bonds is 2. The van der Waals surface area contributed by atoms with Gasteiger partial charge in [0.25, 0.3) is 0 Å². The molecule has 0 aromatic carbocycles. The molecule has 0 amide bonds. The predicted molar refractivity (Wildman–Crippen MR) is 55.6 cm³/mol. The van der Waals surface area contributed by atoms with Gasteiger partial charge >= 0.3 is 0 Å². The van der Waals surface area contributed by atoms with Crippen molar-refractivity contribution in [3.63, 3.8) is 0 Å². The van der Waals surface area contributed by atoms with Crippen molar-refractivity contribution in [3.05, 3.63) is 0 Å². The molecule has 0 radical (unpaired) electrons. The predicted octanol–water partition coefficient (Wildman–Crippen LogP) is 2.36. The molecule has 2 bridgehead atoms. The number of thioether (sulfide) groups is 1. The van der Waals surface area contributed by atoms with Crippen LogP contribution in [0.1, 0.15) is 19.3 Å². The van der Waals surface area contributed by atoms with Crippen LogP contribution in [0.25, 0.3) is 0 Å². The summed E-state index contributed by atoms with van der Waals surface area (Å²) in [5.41, 5.74) is 5.54. The lowest BCUT2D eigenvalue weighted by molar-refractivity contribution is -0.0884. The standard InChI is InChI=1S/C10H17F2NS/c11-10(12)3-7-5-14-6-8(4-10)9(7)1-2-13/h7-9H,1-6,13H2. The van der Waals surface area contributed by atoms with Crippen LogP contribution in [0.4, 0.5) is 8.78 Å². The number of alkyl halides is 2. The zero-order chi connectivity index (χ0) is 10.2. The summed E-state index contributed by atoms with van der Waals surface area (Å²) in [4.78, 5) is 0. The number of fused-ring (bicyclic) bond motifs is 2. The third kappa shape index (κ3) is 2.06. The molecule has 4 heteroatoms. The molecule has 14 heavy (non-hydrogen) atoms. The van der Waals surface area contributed by atoms with Gasteiger partial charge in [0.05, 0.1) is 0 Å². The summed E-state index contributed by atoms with van der Waals surface area (Å²) in [5.74, 6) is 0.326. The molecule has 2 atom stereocenters. The molecular formula is C10H17F2NS. The van der Waals surface area contributed by atoms with Crippen molar-refractivity contribution < 1.29 is 8.78 Å². The number of hydrogen-bond donors (Lipinski definition) is 1. The highest BCUT2D eigenvalue weighted by atomic mass is 32.2. The third-order valence-corrected chi connectivity index (χ3v) is 4.82. The van der Waals surface area contributed by atoms with E-state index in [4.69, 9.17) is 5.73 Å². The highest BCUT2D eigenvalue weighted by molar-refractivity contribution is 7.99. The van der Waals surface area contributed by atoms with Crippen molar-refractivity contribution in [2.45, 2.75) is 25.2 Å². The first-order valence-corrected chi connectivity index (χ1v) is 6.43. The largest absolute Gasteiger partial charge is 0.330 e. The Morgan fingerprint density at radius 2 is 1.79 bits per heavy atom. The third-order valence-electron chi connectivity index (χ3n) is 3.50. The van der Waals surface area contributed by atoms with Gasteiger partial charge in [0.1, 0.15) is 0 Å². The summed E-state index contributed by atoms with van der Waals surface area (Å²) in [7, 11) is 0. The van der Waals surface area contributed by atoms with Crippen LogP contribution in [0, 0.1) is 17.8 Å². The molecule has 2 rings (SSSR count). The highest BCUT2D eigenvalue weighted by Gasteiger charge is 2.48. The van der Waals surface area contributed by atoms with Crippen molar-refractivity contribution in [1.29, 1.82) is 0 Å². The second kappa shape index (κ2) is 3.97. The van der Waals surface area contributed by atoms with Gasteiger partial charge in [-0.05, 0) is 42.2 Å². The fourth-order valence-corrected chi connectivity index (χ4v) is 4.41. The fraction of sp³-hybridized carbons (Fsp3) is 1.00. The number of hydrogen-bond acceptors (Lipinski definition) is 2. The minimum Gasteiger partial charge on any atom is -0.330 e. The average Bonchev–Trinajstić information content (AvgIpc) is 2.06. The zero-order valence-corrected chi connectivity index (χ0v) is 9.03. The summed E-state index contributed by atoms with van der Waals surface area (Å²) in [5, 5.41) is 0. The van der Waals surface area contributed by atoms with Gasteiger partial charge in [-0.1, -0.05) is 0 Å². The van der Waals surface area contributed by atoms with Crippen molar-refractivity contribution >= 4 is 11.8 Å². The van der Waals surface area contributed by atoms with Crippen molar-refractivity contribution in [2.24, 2.45) is 23.5 Å². The van der Waals surface area contributed by atoms with E-state index in [1.165, 1.54) is 0 Å². The zero-order valence-electron chi connectivity index (χ0n) is 8.22. The quantitative estimate of drug-likeness (QED) is 0.774. The first kappa shape index (κ1) is 10.7. The Hall–Kier alpha value is 0.170. The van der Waals surface area contributed by atoms with Crippen LogP contribution in [-0.2, 0) is 0 Å².